The highest BCUT2D eigenvalue weighted by Crippen LogP contribution is 2.04. The molecule has 0 unspecified atom stereocenters. The fourth-order valence-electron chi connectivity index (χ4n) is 1.01. The average Bonchev–Trinajstić information content (AvgIpc) is 2.16. The Balaban J connectivity index is 2.79. The average molecular weight is 189 g/mol. The highest BCUT2D eigenvalue weighted by molar-refractivity contribution is 5.36. The normalized spacial score (nSPS) is 9.92. The van der Waals surface area contributed by atoms with E-state index < -0.39 is 0 Å². The molecule has 0 bridgehead atoms. The summed E-state index contributed by atoms with van der Waals surface area (Å²) in [6.45, 7) is 3.73. The first-order valence-electron chi connectivity index (χ1n) is 4.74. The van der Waals surface area contributed by atoms with Crippen LogP contribution in [0.15, 0.2) is 0 Å². The molecule has 0 aromatic rings. The lowest BCUT2D eigenvalue weighted by molar-refractivity contribution is -0.475. The van der Waals surface area contributed by atoms with Crippen molar-refractivity contribution >= 4 is 6.47 Å². The number of hydrogen-bond acceptors (Lipinski definition) is 4. The Kier molecular flexibility index (Phi) is 10.9. The van der Waals surface area contributed by atoms with Crippen LogP contribution in [0, 0.1) is 0 Å². The van der Waals surface area contributed by atoms with E-state index in [2.05, 4.69) is 21.7 Å². The summed E-state index contributed by atoms with van der Waals surface area (Å²) in [5, 5.41) is 3.99. The molecule has 1 radical (unpaired) electrons. The van der Waals surface area contributed by atoms with Gasteiger partial charge in [0.15, 0.2) is 0 Å². The van der Waals surface area contributed by atoms with Crippen LogP contribution in [0.25, 0.3) is 0 Å². The summed E-state index contributed by atoms with van der Waals surface area (Å²) in [7, 11) is 0. The zero-order chi connectivity index (χ0) is 9.78. The second-order valence-corrected chi connectivity index (χ2v) is 2.82. The Bertz CT molecular complexity index is 106. The van der Waals surface area contributed by atoms with Crippen molar-refractivity contribution in [3.8, 4) is 0 Å². The third kappa shape index (κ3) is 11.4. The monoisotopic (exact) mass is 189 g/mol. The zero-order valence-electron chi connectivity index (χ0n) is 8.08. The SMILES string of the molecule is CCCCCCCCOOO[C]=O. The Morgan fingerprint density at radius 1 is 1.08 bits per heavy atom. The molecular weight excluding hydrogens is 172 g/mol. The van der Waals surface area contributed by atoms with Crippen LogP contribution in [0.1, 0.15) is 45.4 Å². The van der Waals surface area contributed by atoms with Gasteiger partial charge in [0, 0.05) is 0 Å². The van der Waals surface area contributed by atoms with Gasteiger partial charge < -0.3 is 0 Å². The standard InChI is InChI=1S/C9H17O4/c1-2-3-4-5-6-7-8-11-13-12-9-10/h2-8H2,1H3. The molecule has 0 aromatic heterocycles. The van der Waals surface area contributed by atoms with Crippen molar-refractivity contribution in [1.29, 1.82) is 0 Å². The molecule has 0 aliphatic carbocycles. The Hall–Kier alpha value is -0.610. The Morgan fingerprint density at radius 2 is 1.77 bits per heavy atom. The van der Waals surface area contributed by atoms with Gasteiger partial charge in [0.25, 0.3) is 0 Å². The molecule has 0 aromatic carbocycles. The lowest BCUT2D eigenvalue weighted by atomic mass is 10.1. The van der Waals surface area contributed by atoms with Crippen LogP contribution in [0.4, 0.5) is 0 Å². The summed E-state index contributed by atoms with van der Waals surface area (Å²) in [5.74, 6) is 0. The Morgan fingerprint density at radius 3 is 2.46 bits per heavy atom. The van der Waals surface area contributed by atoms with Crippen LogP contribution >= 0.6 is 0 Å². The first-order valence-corrected chi connectivity index (χ1v) is 4.74. The molecule has 0 saturated carbocycles. The van der Waals surface area contributed by atoms with E-state index in [1.165, 1.54) is 25.7 Å². The zero-order valence-corrected chi connectivity index (χ0v) is 8.08. The molecular formula is C9H17O4. The van der Waals surface area contributed by atoms with Gasteiger partial charge in [-0.1, -0.05) is 39.0 Å². The second kappa shape index (κ2) is 11.4. The molecule has 0 N–H and O–H groups in total. The van der Waals surface area contributed by atoms with Gasteiger partial charge in [0.2, 0.25) is 0 Å². The van der Waals surface area contributed by atoms with E-state index >= 15 is 0 Å². The second-order valence-electron chi connectivity index (χ2n) is 2.82. The van der Waals surface area contributed by atoms with Crippen molar-refractivity contribution in [2.24, 2.45) is 0 Å². The van der Waals surface area contributed by atoms with Gasteiger partial charge in [-0.2, -0.15) is 4.89 Å². The van der Waals surface area contributed by atoms with Crippen LogP contribution in [0.2, 0.25) is 0 Å². The van der Waals surface area contributed by atoms with E-state index in [1.807, 2.05) is 0 Å². The molecule has 0 aliphatic heterocycles. The molecule has 4 heteroatoms. The quantitative estimate of drug-likeness (QED) is 0.300. The van der Waals surface area contributed by atoms with Gasteiger partial charge in [0.1, 0.15) is 0 Å². The van der Waals surface area contributed by atoms with Crippen molar-refractivity contribution in [2.45, 2.75) is 45.4 Å². The first kappa shape index (κ1) is 12.4. The largest absolute Gasteiger partial charge is 0.456 e. The molecule has 4 nitrogen and oxygen atoms in total. The van der Waals surface area contributed by atoms with Crippen LogP contribution in [-0.2, 0) is 19.6 Å². The maximum absolute atomic E-state index is 9.46. The van der Waals surface area contributed by atoms with E-state index in [4.69, 9.17) is 0 Å². The summed E-state index contributed by atoms with van der Waals surface area (Å²) in [5.41, 5.74) is 0. The van der Waals surface area contributed by atoms with Gasteiger partial charge in [-0.05, 0) is 11.5 Å². The number of rotatable bonds is 10. The summed E-state index contributed by atoms with van der Waals surface area (Å²) in [6.07, 6.45) is 7.08. The van der Waals surface area contributed by atoms with Crippen molar-refractivity contribution < 1.29 is 19.6 Å². The lowest BCUT2D eigenvalue weighted by Gasteiger charge is -1.99. The first-order chi connectivity index (χ1) is 6.41. The minimum Gasteiger partial charge on any atom is -0.255 e. The van der Waals surface area contributed by atoms with Gasteiger partial charge in [-0.15, -0.1) is 0 Å². The van der Waals surface area contributed by atoms with E-state index in [9.17, 15) is 4.79 Å². The van der Waals surface area contributed by atoms with E-state index in [0.29, 0.717) is 6.61 Å². The van der Waals surface area contributed by atoms with Gasteiger partial charge in [-0.3, -0.25) is 4.89 Å². The van der Waals surface area contributed by atoms with Crippen molar-refractivity contribution in [3.63, 3.8) is 0 Å². The number of hydrogen-bond donors (Lipinski definition) is 0. The highest BCUT2D eigenvalue weighted by atomic mass is 17.5. The molecule has 0 saturated heterocycles. The van der Waals surface area contributed by atoms with Crippen LogP contribution in [0.3, 0.4) is 0 Å². The topological polar surface area (TPSA) is 44.8 Å². The minimum atomic E-state index is 0.452. The van der Waals surface area contributed by atoms with E-state index in [0.717, 1.165) is 19.3 Å². The van der Waals surface area contributed by atoms with Crippen molar-refractivity contribution in [2.75, 3.05) is 6.61 Å². The molecule has 0 atom stereocenters. The molecule has 0 spiro atoms. The molecule has 0 amide bonds. The summed E-state index contributed by atoms with van der Waals surface area (Å²) >= 11 is 0. The summed E-state index contributed by atoms with van der Waals surface area (Å²) < 4.78 is 0. The maximum atomic E-state index is 9.46. The van der Waals surface area contributed by atoms with E-state index in [-0.39, 0.29) is 0 Å². The molecule has 0 rings (SSSR count). The predicted octanol–water partition coefficient (Wildman–Crippen LogP) is 2.29. The smallest absolute Gasteiger partial charge is 0.255 e. The summed E-state index contributed by atoms with van der Waals surface area (Å²) in [4.78, 5) is 17.7. The van der Waals surface area contributed by atoms with Crippen LogP contribution in [-0.4, -0.2) is 13.1 Å². The fourth-order valence-corrected chi connectivity index (χ4v) is 1.01. The number of unbranched alkanes of at least 4 members (excludes halogenated alkanes) is 5. The van der Waals surface area contributed by atoms with Crippen LogP contribution in [0.5, 0.6) is 0 Å². The molecule has 13 heavy (non-hydrogen) atoms. The Labute approximate surface area is 79.0 Å². The molecule has 77 valence electrons. The van der Waals surface area contributed by atoms with Crippen molar-refractivity contribution in [3.05, 3.63) is 0 Å². The highest BCUT2D eigenvalue weighted by Gasteiger charge is 1.91. The third-order valence-corrected chi connectivity index (χ3v) is 1.70. The molecule has 0 heterocycles. The summed E-state index contributed by atoms with van der Waals surface area (Å²) in [6, 6.07) is 0. The minimum absolute atomic E-state index is 0.452. The van der Waals surface area contributed by atoms with Crippen molar-refractivity contribution in [1.82, 2.24) is 0 Å². The number of carbonyl (C=O) groups excluding carboxylic acids is 1. The third-order valence-electron chi connectivity index (χ3n) is 1.70. The fraction of sp³-hybridized carbons (Fsp3) is 0.889. The van der Waals surface area contributed by atoms with Crippen LogP contribution < -0.4 is 0 Å². The molecule has 0 aliphatic rings. The van der Waals surface area contributed by atoms with Gasteiger partial charge >= 0.3 is 6.47 Å². The molecule has 0 fully saturated rings. The lowest BCUT2D eigenvalue weighted by Crippen LogP contribution is -1.97. The van der Waals surface area contributed by atoms with E-state index in [1.54, 1.807) is 0 Å². The van der Waals surface area contributed by atoms with Gasteiger partial charge in [-0.25, -0.2) is 4.79 Å². The maximum Gasteiger partial charge on any atom is 0.456 e. The van der Waals surface area contributed by atoms with Gasteiger partial charge in [0.05, 0.1) is 6.61 Å². The predicted molar refractivity (Wildman–Crippen MR) is 47.2 cm³/mol.